The van der Waals surface area contributed by atoms with Crippen molar-refractivity contribution in [3.8, 4) is 0 Å². The van der Waals surface area contributed by atoms with Gasteiger partial charge in [-0.25, -0.2) is 0 Å². The van der Waals surface area contributed by atoms with Crippen LogP contribution in [-0.4, -0.2) is 35.7 Å². The van der Waals surface area contributed by atoms with Crippen LogP contribution in [0.4, 0.5) is 0 Å². The first-order valence-corrected chi connectivity index (χ1v) is 7.51. The first-order chi connectivity index (χ1) is 8.99. The van der Waals surface area contributed by atoms with Crippen LogP contribution in [0.5, 0.6) is 0 Å². The standard InChI is InChI=1S/C14H20N2O2S/c1-9(15)11-3-5-16(6-4-11)14(18)13-7-12(8-19-13)10(2)17/h7-9,11H,3-6,15H2,1-2H3. The fourth-order valence-corrected chi connectivity index (χ4v) is 3.33. The minimum atomic E-state index is 0.00552. The highest BCUT2D eigenvalue weighted by molar-refractivity contribution is 7.12. The number of rotatable bonds is 3. The Kier molecular flexibility index (Phi) is 4.37. The van der Waals surface area contributed by atoms with E-state index in [0.717, 1.165) is 25.9 Å². The van der Waals surface area contributed by atoms with E-state index in [9.17, 15) is 9.59 Å². The minimum absolute atomic E-state index is 0.00552. The topological polar surface area (TPSA) is 63.4 Å². The summed E-state index contributed by atoms with van der Waals surface area (Å²) in [4.78, 5) is 26.1. The van der Waals surface area contributed by atoms with E-state index in [2.05, 4.69) is 0 Å². The molecule has 0 radical (unpaired) electrons. The van der Waals surface area contributed by atoms with Gasteiger partial charge in [-0.05, 0) is 38.7 Å². The lowest BCUT2D eigenvalue weighted by Crippen LogP contribution is -2.42. The summed E-state index contributed by atoms with van der Waals surface area (Å²) in [5, 5.41) is 1.75. The van der Waals surface area contributed by atoms with Crippen LogP contribution < -0.4 is 5.73 Å². The van der Waals surface area contributed by atoms with Crippen molar-refractivity contribution in [2.24, 2.45) is 11.7 Å². The molecule has 19 heavy (non-hydrogen) atoms. The zero-order chi connectivity index (χ0) is 14.0. The van der Waals surface area contributed by atoms with Crippen molar-refractivity contribution in [1.82, 2.24) is 4.90 Å². The van der Waals surface area contributed by atoms with Crippen LogP contribution in [0.25, 0.3) is 0 Å². The molecule has 0 saturated carbocycles. The number of nitrogens with two attached hydrogens (primary N) is 1. The summed E-state index contributed by atoms with van der Waals surface area (Å²) >= 11 is 1.35. The third-order valence-corrected chi connectivity index (χ3v) is 4.71. The van der Waals surface area contributed by atoms with Gasteiger partial charge >= 0.3 is 0 Å². The number of Topliss-reactive ketones (excluding diaryl/α,β-unsaturated/α-hetero) is 1. The van der Waals surface area contributed by atoms with Crippen LogP contribution in [0.1, 0.15) is 46.7 Å². The normalized spacial score (nSPS) is 18.4. The minimum Gasteiger partial charge on any atom is -0.338 e. The van der Waals surface area contributed by atoms with Crippen LogP contribution in [0.15, 0.2) is 11.4 Å². The second-order valence-corrected chi connectivity index (χ2v) is 6.16. The van der Waals surface area contributed by atoms with Gasteiger partial charge in [0, 0.05) is 30.1 Å². The van der Waals surface area contributed by atoms with Gasteiger partial charge in [0.1, 0.15) is 0 Å². The van der Waals surface area contributed by atoms with E-state index in [1.165, 1.54) is 18.3 Å². The highest BCUT2D eigenvalue weighted by Gasteiger charge is 2.26. The maximum Gasteiger partial charge on any atom is 0.263 e. The molecule has 1 atom stereocenters. The molecule has 104 valence electrons. The lowest BCUT2D eigenvalue weighted by Gasteiger charge is -2.33. The van der Waals surface area contributed by atoms with E-state index in [1.807, 2.05) is 11.8 Å². The number of carbonyl (C=O) groups is 2. The van der Waals surface area contributed by atoms with E-state index < -0.39 is 0 Å². The zero-order valence-electron chi connectivity index (χ0n) is 11.4. The average molecular weight is 280 g/mol. The second-order valence-electron chi connectivity index (χ2n) is 5.24. The second kappa shape index (κ2) is 5.84. The Labute approximate surface area is 117 Å². The number of piperidine rings is 1. The van der Waals surface area contributed by atoms with Gasteiger partial charge in [-0.1, -0.05) is 0 Å². The summed E-state index contributed by atoms with van der Waals surface area (Å²) in [6.45, 7) is 5.07. The monoisotopic (exact) mass is 280 g/mol. The number of hydrogen-bond acceptors (Lipinski definition) is 4. The molecule has 1 saturated heterocycles. The van der Waals surface area contributed by atoms with Crippen LogP contribution in [0.2, 0.25) is 0 Å². The molecular formula is C14H20N2O2S. The third kappa shape index (κ3) is 3.22. The number of carbonyl (C=O) groups excluding carboxylic acids is 2. The van der Waals surface area contributed by atoms with E-state index in [0.29, 0.717) is 16.4 Å². The summed E-state index contributed by atoms with van der Waals surface area (Å²) in [7, 11) is 0. The van der Waals surface area contributed by atoms with Crippen molar-refractivity contribution in [3.63, 3.8) is 0 Å². The lowest BCUT2D eigenvalue weighted by molar-refractivity contribution is 0.0686. The number of nitrogens with zero attached hydrogens (tertiary/aromatic N) is 1. The Hall–Kier alpha value is -1.20. The molecule has 0 aromatic carbocycles. The molecule has 4 nitrogen and oxygen atoms in total. The molecule has 5 heteroatoms. The summed E-state index contributed by atoms with van der Waals surface area (Å²) in [6.07, 6.45) is 1.93. The summed E-state index contributed by atoms with van der Waals surface area (Å²) in [6, 6.07) is 1.90. The molecule has 1 fully saturated rings. The first kappa shape index (κ1) is 14.2. The maximum atomic E-state index is 12.3. The maximum absolute atomic E-state index is 12.3. The van der Waals surface area contributed by atoms with Gasteiger partial charge in [0.15, 0.2) is 5.78 Å². The quantitative estimate of drug-likeness (QED) is 0.863. The summed E-state index contributed by atoms with van der Waals surface area (Å²) < 4.78 is 0. The molecule has 0 bridgehead atoms. The Balaban J connectivity index is 1.99. The number of thiophene rings is 1. The van der Waals surface area contributed by atoms with Crippen LogP contribution >= 0.6 is 11.3 Å². The molecule has 2 rings (SSSR count). The van der Waals surface area contributed by atoms with Crippen molar-refractivity contribution in [2.75, 3.05) is 13.1 Å². The molecule has 0 aliphatic carbocycles. The molecule has 1 aromatic rings. The van der Waals surface area contributed by atoms with E-state index in [-0.39, 0.29) is 17.7 Å². The summed E-state index contributed by atoms with van der Waals surface area (Å²) in [5.74, 6) is 0.562. The molecule has 2 heterocycles. The van der Waals surface area contributed by atoms with Gasteiger partial charge in [-0.15, -0.1) is 11.3 Å². The Morgan fingerprint density at radius 1 is 1.42 bits per heavy atom. The average Bonchev–Trinajstić information content (AvgIpc) is 2.87. The van der Waals surface area contributed by atoms with Gasteiger partial charge in [-0.2, -0.15) is 0 Å². The Bertz CT molecular complexity index is 474. The van der Waals surface area contributed by atoms with Crippen LogP contribution in [-0.2, 0) is 0 Å². The van der Waals surface area contributed by atoms with E-state index in [1.54, 1.807) is 11.4 Å². The predicted octanol–water partition coefficient (Wildman–Crippen LogP) is 2.15. The molecule has 0 spiro atoms. The first-order valence-electron chi connectivity index (χ1n) is 6.63. The van der Waals surface area contributed by atoms with Crippen molar-refractivity contribution >= 4 is 23.0 Å². The van der Waals surface area contributed by atoms with Gasteiger partial charge in [-0.3, -0.25) is 9.59 Å². The molecular weight excluding hydrogens is 260 g/mol. The van der Waals surface area contributed by atoms with Crippen molar-refractivity contribution in [3.05, 3.63) is 21.9 Å². The predicted molar refractivity (Wildman–Crippen MR) is 76.6 cm³/mol. The highest BCUT2D eigenvalue weighted by Crippen LogP contribution is 2.23. The van der Waals surface area contributed by atoms with Gasteiger partial charge in [0.05, 0.1) is 4.88 Å². The number of amides is 1. The summed E-state index contributed by atoms with van der Waals surface area (Å²) in [5.41, 5.74) is 6.52. The molecule has 2 N–H and O–H groups in total. The van der Waals surface area contributed by atoms with E-state index in [4.69, 9.17) is 5.73 Å². The van der Waals surface area contributed by atoms with Gasteiger partial charge < -0.3 is 10.6 Å². The Morgan fingerprint density at radius 2 is 2.05 bits per heavy atom. The zero-order valence-corrected chi connectivity index (χ0v) is 12.2. The molecule has 1 aliphatic heterocycles. The van der Waals surface area contributed by atoms with Crippen molar-refractivity contribution in [2.45, 2.75) is 32.7 Å². The van der Waals surface area contributed by atoms with Gasteiger partial charge in [0.2, 0.25) is 0 Å². The van der Waals surface area contributed by atoms with Crippen LogP contribution in [0, 0.1) is 5.92 Å². The van der Waals surface area contributed by atoms with Crippen molar-refractivity contribution in [1.29, 1.82) is 0 Å². The fraction of sp³-hybridized carbons (Fsp3) is 0.571. The number of hydrogen-bond donors (Lipinski definition) is 1. The SMILES string of the molecule is CC(=O)c1csc(C(=O)N2CCC(C(C)N)CC2)c1. The van der Waals surface area contributed by atoms with Crippen LogP contribution in [0.3, 0.4) is 0 Å². The molecule has 1 aliphatic rings. The largest absolute Gasteiger partial charge is 0.338 e. The van der Waals surface area contributed by atoms with Crippen molar-refractivity contribution < 1.29 is 9.59 Å². The Morgan fingerprint density at radius 3 is 2.53 bits per heavy atom. The number of likely N-dealkylation sites (tertiary alicyclic amines) is 1. The van der Waals surface area contributed by atoms with E-state index >= 15 is 0 Å². The highest BCUT2D eigenvalue weighted by atomic mass is 32.1. The molecule has 1 aromatic heterocycles. The molecule has 1 unspecified atom stereocenters. The molecule has 1 amide bonds. The smallest absolute Gasteiger partial charge is 0.263 e. The van der Waals surface area contributed by atoms with Gasteiger partial charge in [0.25, 0.3) is 5.91 Å². The third-order valence-electron chi connectivity index (χ3n) is 3.79. The lowest BCUT2D eigenvalue weighted by atomic mass is 9.91. The number of ketones is 1. The fourth-order valence-electron chi connectivity index (χ4n) is 2.42.